The van der Waals surface area contributed by atoms with Gasteiger partial charge in [-0.2, -0.15) is 0 Å². The van der Waals surface area contributed by atoms with Gasteiger partial charge in [0.15, 0.2) is 0 Å². The third-order valence-corrected chi connectivity index (χ3v) is 5.77. The second kappa shape index (κ2) is 8.94. The van der Waals surface area contributed by atoms with Crippen LogP contribution in [0, 0.1) is 0 Å². The first-order valence-corrected chi connectivity index (χ1v) is 10.1. The van der Waals surface area contributed by atoms with Crippen LogP contribution in [-0.2, 0) is 17.7 Å². The second-order valence-electron chi connectivity index (χ2n) is 6.66. The van der Waals surface area contributed by atoms with Crippen molar-refractivity contribution >= 4 is 39.1 Å². The van der Waals surface area contributed by atoms with Crippen molar-refractivity contribution in [2.24, 2.45) is 0 Å². The van der Waals surface area contributed by atoms with E-state index in [1.165, 1.54) is 5.56 Å². The quantitative estimate of drug-likeness (QED) is 0.582. The maximum Gasteiger partial charge on any atom is 0.118 e. The van der Waals surface area contributed by atoms with Crippen molar-refractivity contribution in [2.45, 2.75) is 32.1 Å². The molecule has 6 heteroatoms. The fourth-order valence-corrected chi connectivity index (χ4v) is 4.80. The van der Waals surface area contributed by atoms with Crippen LogP contribution in [0.5, 0.6) is 5.75 Å². The van der Waals surface area contributed by atoms with Crippen LogP contribution in [0.15, 0.2) is 40.9 Å². The normalized spacial score (nSPS) is 21.0. The molecule has 1 aliphatic rings. The molecule has 3 nitrogen and oxygen atoms in total. The summed E-state index contributed by atoms with van der Waals surface area (Å²) < 4.78 is 12.3. The predicted molar refractivity (Wildman–Crippen MR) is 110 cm³/mol. The minimum Gasteiger partial charge on any atom is -0.497 e. The number of nitrogens with zero attached hydrogens (tertiary/aromatic N) is 1. The maximum absolute atomic E-state index is 6.39. The first kappa shape index (κ1) is 20.0. The Morgan fingerprint density at radius 3 is 2.58 bits per heavy atom. The van der Waals surface area contributed by atoms with E-state index in [1.54, 1.807) is 13.2 Å². The summed E-state index contributed by atoms with van der Waals surface area (Å²) in [6.45, 7) is 4.79. The number of methoxy groups -OCH3 is 1. The summed E-state index contributed by atoms with van der Waals surface area (Å²) in [5.74, 6) is 0.879. The second-order valence-corrected chi connectivity index (χ2v) is 8.36. The molecule has 2 aromatic rings. The van der Waals surface area contributed by atoms with Crippen molar-refractivity contribution in [2.75, 3.05) is 20.2 Å². The van der Waals surface area contributed by atoms with Crippen LogP contribution in [-0.4, -0.2) is 37.3 Å². The first-order valence-electron chi connectivity index (χ1n) is 8.58. The number of hydrogen-bond donors (Lipinski definition) is 0. The summed E-state index contributed by atoms with van der Waals surface area (Å²) >= 11 is 16.0. The van der Waals surface area contributed by atoms with Gasteiger partial charge in [-0.1, -0.05) is 51.3 Å². The average Bonchev–Trinajstić information content (AvgIpc) is 2.58. The Hall–Kier alpha value is -0.780. The molecule has 0 bridgehead atoms. The van der Waals surface area contributed by atoms with Gasteiger partial charge in [0.05, 0.1) is 19.3 Å². The summed E-state index contributed by atoms with van der Waals surface area (Å²) in [6, 6.07) is 11.9. The summed E-state index contributed by atoms with van der Waals surface area (Å²) in [7, 11) is 1.68. The lowest BCUT2D eigenvalue weighted by Gasteiger charge is -2.37. The van der Waals surface area contributed by atoms with E-state index in [2.05, 4.69) is 39.9 Å². The molecule has 26 heavy (non-hydrogen) atoms. The van der Waals surface area contributed by atoms with E-state index >= 15 is 0 Å². The highest BCUT2D eigenvalue weighted by molar-refractivity contribution is 9.10. The van der Waals surface area contributed by atoms with Gasteiger partial charge in [-0.3, -0.25) is 4.90 Å². The SMILES string of the molecule is COc1ccc(CN2CC(Cc3c(Cl)cc(Cl)cc3Br)O[C@@H](C)C2)cc1. The van der Waals surface area contributed by atoms with Crippen molar-refractivity contribution in [3.05, 3.63) is 62.0 Å². The van der Waals surface area contributed by atoms with Crippen molar-refractivity contribution in [1.29, 1.82) is 0 Å². The zero-order chi connectivity index (χ0) is 18.7. The zero-order valence-electron chi connectivity index (χ0n) is 14.8. The number of hydrogen-bond acceptors (Lipinski definition) is 3. The fraction of sp³-hybridized carbons (Fsp3) is 0.400. The Morgan fingerprint density at radius 1 is 1.19 bits per heavy atom. The maximum atomic E-state index is 6.39. The van der Waals surface area contributed by atoms with Crippen LogP contribution < -0.4 is 4.74 Å². The molecule has 1 aliphatic heterocycles. The van der Waals surface area contributed by atoms with Gasteiger partial charge in [-0.05, 0) is 42.3 Å². The molecule has 0 aliphatic carbocycles. The number of rotatable bonds is 5. The van der Waals surface area contributed by atoms with E-state index < -0.39 is 0 Å². The van der Waals surface area contributed by atoms with Crippen molar-refractivity contribution < 1.29 is 9.47 Å². The molecule has 1 heterocycles. The lowest BCUT2D eigenvalue weighted by atomic mass is 10.0. The van der Waals surface area contributed by atoms with E-state index in [-0.39, 0.29) is 12.2 Å². The molecule has 1 fully saturated rings. The molecule has 0 N–H and O–H groups in total. The lowest BCUT2D eigenvalue weighted by molar-refractivity contribution is -0.0784. The molecular weight excluding hydrogens is 437 g/mol. The molecule has 0 radical (unpaired) electrons. The molecular formula is C20H22BrCl2NO2. The predicted octanol–water partition coefficient (Wildman–Crippen LogP) is 5.60. The molecule has 3 rings (SSSR count). The number of ether oxygens (including phenoxy) is 2. The number of benzene rings is 2. The van der Waals surface area contributed by atoms with Crippen LogP contribution >= 0.6 is 39.1 Å². The van der Waals surface area contributed by atoms with Crippen molar-refractivity contribution in [1.82, 2.24) is 4.90 Å². The third kappa shape index (κ3) is 5.14. The standard InChI is InChI=1S/C20H22BrCl2NO2/c1-13-10-24(11-14-3-5-16(25-2)6-4-14)12-17(26-13)9-18-19(21)7-15(22)8-20(18)23/h3-8,13,17H,9-12H2,1-2H3/t13-,17?/m0/s1. The molecule has 0 spiro atoms. The Labute approximate surface area is 173 Å². The highest BCUT2D eigenvalue weighted by atomic mass is 79.9. The molecule has 2 aromatic carbocycles. The number of halogens is 3. The van der Waals surface area contributed by atoms with E-state index in [0.29, 0.717) is 10.0 Å². The van der Waals surface area contributed by atoms with Gasteiger partial charge in [-0.25, -0.2) is 0 Å². The van der Waals surface area contributed by atoms with Crippen LogP contribution in [0.3, 0.4) is 0 Å². The van der Waals surface area contributed by atoms with E-state index in [0.717, 1.165) is 41.8 Å². The summed E-state index contributed by atoms with van der Waals surface area (Å²) in [5.41, 5.74) is 2.31. The first-order chi connectivity index (χ1) is 12.4. The summed E-state index contributed by atoms with van der Waals surface area (Å²) in [4.78, 5) is 2.43. The van der Waals surface area contributed by atoms with Gasteiger partial charge in [0.1, 0.15) is 5.75 Å². The zero-order valence-corrected chi connectivity index (χ0v) is 17.9. The molecule has 1 unspecified atom stereocenters. The highest BCUT2D eigenvalue weighted by Crippen LogP contribution is 2.31. The molecule has 1 saturated heterocycles. The summed E-state index contributed by atoms with van der Waals surface area (Å²) in [6.07, 6.45) is 1.02. The summed E-state index contributed by atoms with van der Waals surface area (Å²) in [5, 5.41) is 1.30. The molecule has 140 valence electrons. The van der Waals surface area contributed by atoms with Gasteiger partial charge in [0.25, 0.3) is 0 Å². The van der Waals surface area contributed by atoms with Gasteiger partial charge in [-0.15, -0.1) is 0 Å². The fourth-order valence-electron chi connectivity index (χ4n) is 3.37. The largest absolute Gasteiger partial charge is 0.497 e. The molecule has 0 saturated carbocycles. The molecule has 2 atom stereocenters. The number of morpholine rings is 1. The van der Waals surface area contributed by atoms with Crippen molar-refractivity contribution in [3.63, 3.8) is 0 Å². The van der Waals surface area contributed by atoms with E-state index in [4.69, 9.17) is 32.7 Å². The Kier molecular flexibility index (Phi) is 6.87. The van der Waals surface area contributed by atoms with Crippen LogP contribution in [0.25, 0.3) is 0 Å². The Bertz CT molecular complexity index is 731. The third-order valence-electron chi connectivity index (χ3n) is 4.50. The van der Waals surface area contributed by atoms with Crippen LogP contribution in [0.4, 0.5) is 0 Å². The molecule has 0 amide bonds. The van der Waals surface area contributed by atoms with Crippen LogP contribution in [0.1, 0.15) is 18.1 Å². The average molecular weight is 459 g/mol. The minimum absolute atomic E-state index is 0.0898. The van der Waals surface area contributed by atoms with Gasteiger partial charge < -0.3 is 9.47 Å². The van der Waals surface area contributed by atoms with Gasteiger partial charge in [0, 0.05) is 40.6 Å². The van der Waals surface area contributed by atoms with Gasteiger partial charge >= 0.3 is 0 Å². The monoisotopic (exact) mass is 457 g/mol. The molecule has 0 aromatic heterocycles. The Balaban J connectivity index is 1.68. The topological polar surface area (TPSA) is 21.7 Å². The van der Waals surface area contributed by atoms with Gasteiger partial charge in [0.2, 0.25) is 0 Å². The highest BCUT2D eigenvalue weighted by Gasteiger charge is 2.26. The Morgan fingerprint density at radius 2 is 1.92 bits per heavy atom. The van der Waals surface area contributed by atoms with E-state index in [1.807, 2.05) is 18.2 Å². The minimum atomic E-state index is 0.0898. The van der Waals surface area contributed by atoms with Crippen molar-refractivity contribution in [3.8, 4) is 5.75 Å². The lowest BCUT2D eigenvalue weighted by Crippen LogP contribution is -2.46. The van der Waals surface area contributed by atoms with E-state index in [9.17, 15) is 0 Å². The van der Waals surface area contributed by atoms with Crippen LogP contribution in [0.2, 0.25) is 10.0 Å². The smallest absolute Gasteiger partial charge is 0.118 e.